The molecular weight excluding hydrogens is 528 g/mol. The van der Waals surface area contributed by atoms with Crippen LogP contribution in [0.15, 0.2) is 115 Å². The van der Waals surface area contributed by atoms with Gasteiger partial charge in [-0.3, -0.25) is 4.57 Å². The molecule has 212 valence electrons. The van der Waals surface area contributed by atoms with Gasteiger partial charge in [-0.1, -0.05) is 75.4 Å². The minimum Gasteiger partial charge on any atom is -0.457 e. The first kappa shape index (κ1) is 26.7. The van der Waals surface area contributed by atoms with E-state index in [-0.39, 0.29) is 5.92 Å². The molecule has 3 heterocycles. The van der Waals surface area contributed by atoms with Crippen LogP contribution in [-0.4, -0.2) is 19.3 Å². The Labute approximate surface area is 252 Å². The van der Waals surface area contributed by atoms with E-state index in [2.05, 4.69) is 122 Å². The number of hydrogen-bond acceptors (Lipinski definition) is 3. The predicted octanol–water partition coefficient (Wildman–Crippen LogP) is 9.82. The van der Waals surface area contributed by atoms with Crippen LogP contribution in [0.2, 0.25) is 0 Å². The molecule has 4 aromatic carbocycles. The molecule has 0 bridgehead atoms. The molecule has 43 heavy (non-hydrogen) atoms. The molecule has 0 N–H and O–H groups in total. The highest BCUT2D eigenvalue weighted by Gasteiger charge is 2.22. The maximum absolute atomic E-state index is 6.53. The van der Waals surface area contributed by atoms with E-state index in [9.17, 15) is 0 Å². The highest BCUT2D eigenvalue weighted by Crippen LogP contribution is 2.37. The Morgan fingerprint density at radius 3 is 2.30 bits per heavy atom. The maximum atomic E-state index is 6.53. The minimum absolute atomic E-state index is 0.284. The average Bonchev–Trinajstić information content (AvgIpc) is 3.58. The molecule has 0 spiro atoms. The van der Waals surface area contributed by atoms with Crippen molar-refractivity contribution >= 4 is 21.8 Å². The van der Waals surface area contributed by atoms with E-state index < -0.39 is 0 Å². The molecule has 0 atom stereocenters. The van der Waals surface area contributed by atoms with Gasteiger partial charge in [-0.05, 0) is 72.9 Å². The average molecular weight is 563 g/mol. The van der Waals surface area contributed by atoms with Crippen molar-refractivity contribution in [3.8, 4) is 34.1 Å². The minimum atomic E-state index is 0.284. The fourth-order valence-electron chi connectivity index (χ4n) is 6.09. The quantitative estimate of drug-likeness (QED) is 0.194. The van der Waals surface area contributed by atoms with Crippen LogP contribution in [0.25, 0.3) is 44.4 Å². The summed E-state index contributed by atoms with van der Waals surface area (Å²) in [6.45, 7) is 8.73. The number of rotatable bonds is 7. The van der Waals surface area contributed by atoms with Crippen LogP contribution < -0.4 is 4.74 Å². The largest absolute Gasteiger partial charge is 0.457 e. The monoisotopic (exact) mass is 562 g/mol. The van der Waals surface area contributed by atoms with Crippen LogP contribution in [0.1, 0.15) is 43.6 Å². The summed E-state index contributed by atoms with van der Waals surface area (Å²) < 4.78 is 10.9. The van der Waals surface area contributed by atoms with Gasteiger partial charge in [0.05, 0.1) is 28.1 Å². The van der Waals surface area contributed by atoms with Crippen molar-refractivity contribution in [3.05, 3.63) is 132 Å². The van der Waals surface area contributed by atoms with Crippen LogP contribution >= 0.6 is 0 Å². The molecular formula is C38H34N4O. The van der Waals surface area contributed by atoms with Crippen LogP contribution in [0.3, 0.4) is 0 Å². The third-order valence-electron chi connectivity index (χ3n) is 8.01. The first-order chi connectivity index (χ1) is 21.0. The van der Waals surface area contributed by atoms with Crippen LogP contribution in [0.5, 0.6) is 11.5 Å². The normalized spacial score (nSPS) is 11.6. The smallest absolute Gasteiger partial charge is 0.137 e. The zero-order valence-corrected chi connectivity index (χ0v) is 25.0. The lowest BCUT2D eigenvalue weighted by Crippen LogP contribution is -2.05. The Kier molecular flexibility index (Phi) is 6.78. The van der Waals surface area contributed by atoms with Crippen molar-refractivity contribution in [1.29, 1.82) is 0 Å². The van der Waals surface area contributed by atoms with Gasteiger partial charge in [0, 0.05) is 34.7 Å². The summed E-state index contributed by atoms with van der Waals surface area (Å²) in [5.41, 5.74) is 9.07. The molecule has 0 amide bonds. The summed E-state index contributed by atoms with van der Waals surface area (Å²) in [6.07, 6.45) is 2.72. The van der Waals surface area contributed by atoms with Gasteiger partial charge < -0.3 is 4.74 Å². The Bertz CT molecular complexity index is 2090. The number of pyridine rings is 1. The maximum Gasteiger partial charge on any atom is 0.137 e. The second kappa shape index (κ2) is 10.9. The Morgan fingerprint density at radius 1 is 0.744 bits per heavy atom. The van der Waals surface area contributed by atoms with Gasteiger partial charge in [0.2, 0.25) is 0 Å². The molecule has 0 aliphatic carbocycles. The van der Waals surface area contributed by atoms with Gasteiger partial charge >= 0.3 is 0 Å². The van der Waals surface area contributed by atoms with Gasteiger partial charge in [-0.15, -0.1) is 0 Å². The summed E-state index contributed by atoms with van der Waals surface area (Å²) in [7, 11) is 0. The highest BCUT2D eigenvalue weighted by atomic mass is 16.5. The zero-order valence-electron chi connectivity index (χ0n) is 25.0. The number of fused-ring (bicyclic) bond motifs is 3. The number of aromatic nitrogens is 4. The number of benzene rings is 4. The van der Waals surface area contributed by atoms with Crippen molar-refractivity contribution in [1.82, 2.24) is 19.3 Å². The lowest BCUT2D eigenvalue weighted by Gasteiger charge is -2.14. The van der Waals surface area contributed by atoms with E-state index in [0.29, 0.717) is 0 Å². The fraction of sp³-hybridized carbons (Fsp3) is 0.158. The van der Waals surface area contributed by atoms with Crippen LogP contribution in [0, 0.1) is 6.92 Å². The van der Waals surface area contributed by atoms with Gasteiger partial charge in [-0.2, -0.15) is 5.10 Å². The molecule has 3 aromatic heterocycles. The number of aryl methyl sites for hydroxylation is 2. The van der Waals surface area contributed by atoms with Crippen molar-refractivity contribution in [2.45, 2.75) is 40.0 Å². The van der Waals surface area contributed by atoms with E-state index in [1.165, 1.54) is 33.2 Å². The molecule has 0 unspecified atom stereocenters. The molecule has 0 saturated heterocycles. The highest BCUT2D eigenvalue weighted by molar-refractivity contribution is 6.09. The Morgan fingerprint density at radius 2 is 1.51 bits per heavy atom. The molecule has 0 saturated carbocycles. The van der Waals surface area contributed by atoms with Crippen molar-refractivity contribution in [2.75, 3.05) is 0 Å². The molecule has 5 nitrogen and oxygen atoms in total. The molecule has 0 aliphatic heterocycles. The van der Waals surface area contributed by atoms with Crippen molar-refractivity contribution in [3.63, 3.8) is 0 Å². The molecule has 7 aromatic rings. The summed E-state index contributed by atoms with van der Waals surface area (Å²) in [4.78, 5) is 4.71. The second-order valence-electron chi connectivity index (χ2n) is 11.3. The van der Waals surface area contributed by atoms with Crippen molar-refractivity contribution < 1.29 is 4.74 Å². The summed E-state index contributed by atoms with van der Waals surface area (Å²) in [5.74, 6) is 2.71. The Hall–Kier alpha value is -5.16. The van der Waals surface area contributed by atoms with E-state index in [1.54, 1.807) is 0 Å². The standard InChI is InChI=1S/C38H34N4O/c1-5-33-37(27-12-7-6-8-13-27)38(25(2)3)42(40-33)28-14-11-15-29(23-28)43-30-18-19-32-31-16-9-10-17-34(31)41(35(32)24-30)36-22-26(4)20-21-39-36/h6-25H,5H2,1-4H3. The van der Waals surface area contributed by atoms with Gasteiger partial charge in [0.1, 0.15) is 17.3 Å². The van der Waals surface area contributed by atoms with E-state index >= 15 is 0 Å². The van der Waals surface area contributed by atoms with E-state index in [0.717, 1.165) is 46.2 Å². The lowest BCUT2D eigenvalue weighted by atomic mass is 9.96. The number of hydrogen-bond donors (Lipinski definition) is 0. The third kappa shape index (κ3) is 4.77. The van der Waals surface area contributed by atoms with Crippen molar-refractivity contribution in [2.24, 2.45) is 0 Å². The van der Waals surface area contributed by atoms with Gasteiger partial charge in [0.15, 0.2) is 0 Å². The summed E-state index contributed by atoms with van der Waals surface area (Å²) in [5, 5.41) is 7.47. The zero-order chi connectivity index (χ0) is 29.5. The van der Waals surface area contributed by atoms with E-state index in [1.807, 2.05) is 30.5 Å². The summed E-state index contributed by atoms with van der Waals surface area (Å²) in [6, 6.07) is 37.7. The first-order valence-corrected chi connectivity index (χ1v) is 14.9. The number of nitrogens with zero attached hydrogens (tertiary/aromatic N) is 4. The van der Waals surface area contributed by atoms with Crippen LogP contribution in [0.4, 0.5) is 0 Å². The SMILES string of the molecule is CCc1nn(-c2cccc(Oc3ccc4c5ccccc5n(-c5cc(C)ccn5)c4c3)c2)c(C(C)C)c1-c1ccccc1. The first-order valence-electron chi connectivity index (χ1n) is 14.9. The number of ether oxygens (including phenoxy) is 1. The molecule has 0 aliphatic rings. The van der Waals surface area contributed by atoms with Gasteiger partial charge in [0.25, 0.3) is 0 Å². The Balaban J connectivity index is 1.31. The number of para-hydroxylation sites is 1. The molecule has 0 radical (unpaired) electrons. The molecule has 5 heteroatoms. The van der Waals surface area contributed by atoms with Crippen LogP contribution in [-0.2, 0) is 6.42 Å². The summed E-state index contributed by atoms with van der Waals surface area (Å²) >= 11 is 0. The second-order valence-corrected chi connectivity index (χ2v) is 11.3. The third-order valence-corrected chi connectivity index (χ3v) is 8.01. The fourth-order valence-corrected chi connectivity index (χ4v) is 6.09. The topological polar surface area (TPSA) is 44.9 Å². The molecule has 0 fully saturated rings. The van der Waals surface area contributed by atoms with Gasteiger partial charge in [-0.25, -0.2) is 9.67 Å². The lowest BCUT2D eigenvalue weighted by molar-refractivity contribution is 0.482. The van der Waals surface area contributed by atoms with E-state index in [4.69, 9.17) is 14.8 Å². The molecule has 7 rings (SSSR count). The predicted molar refractivity (Wildman–Crippen MR) is 176 cm³/mol.